The van der Waals surface area contributed by atoms with Gasteiger partial charge in [-0.3, -0.25) is 9.10 Å². The van der Waals surface area contributed by atoms with Crippen molar-refractivity contribution in [1.29, 1.82) is 0 Å². The van der Waals surface area contributed by atoms with Crippen molar-refractivity contribution in [2.75, 3.05) is 17.1 Å². The van der Waals surface area contributed by atoms with Gasteiger partial charge in [-0.2, -0.15) is 0 Å². The first-order valence-corrected chi connectivity index (χ1v) is 10.2. The number of fused-ring (bicyclic) bond motifs is 1. The first-order chi connectivity index (χ1) is 11.8. The Morgan fingerprint density at radius 1 is 1.16 bits per heavy atom. The van der Waals surface area contributed by atoms with Gasteiger partial charge in [-0.25, -0.2) is 8.42 Å². The normalized spacial score (nSPS) is 17.1. The molecular weight excluding hydrogens is 383 g/mol. The Kier molecular flexibility index (Phi) is 4.95. The van der Waals surface area contributed by atoms with Crippen molar-refractivity contribution in [3.8, 4) is 0 Å². The zero-order valence-corrected chi connectivity index (χ0v) is 15.7. The first-order valence-electron chi connectivity index (χ1n) is 7.60. The smallest absolute Gasteiger partial charge is 0.251 e. The Bertz CT molecular complexity index is 931. The molecule has 1 heterocycles. The molecule has 1 aliphatic rings. The van der Waals surface area contributed by atoms with Crippen molar-refractivity contribution in [1.82, 2.24) is 5.32 Å². The highest BCUT2D eigenvalue weighted by atomic mass is 35.5. The predicted molar refractivity (Wildman–Crippen MR) is 99.9 cm³/mol. The lowest BCUT2D eigenvalue weighted by Crippen LogP contribution is -2.40. The Balaban J connectivity index is 1.88. The molecule has 1 amide bonds. The van der Waals surface area contributed by atoms with Crippen molar-refractivity contribution >= 4 is 44.8 Å². The van der Waals surface area contributed by atoms with Gasteiger partial charge in [-0.1, -0.05) is 41.4 Å². The number of nitrogens with one attached hydrogen (secondary N) is 1. The summed E-state index contributed by atoms with van der Waals surface area (Å²) in [7, 11) is -3.37. The fourth-order valence-corrected chi connectivity index (χ4v) is 4.16. The molecule has 0 aliphatic carbocycles. The van der Waals surface area contributed by atoms with Crippen LogP contribution in [0.2, 0.25) is 10.0 Å². The number of para-hydroxylation sites is 1. The van der Waals surface area contributed by atoms with Crippen LogP contribution in [0.25, 0.3) is 0 Å². The summed E-state index contributed by atoms with van der Waals surface area (Å²) in [6, 6.07) is 11.6. The second-order valence-corrected chi connectivity index (χ2v) is 8.56. The van der Waals surface area contributed by atoms with E-state index in [0.717, 1.165) is 5.56 Å². The zero-order valence-electron chi connectivity index (χ0n) is 13.4. The molecule has 2 aromatic carbocycles. The lowest BCUT2D eigenvalue weighted by atomic mass is 9.97. The monoisotopic (exact) mass is 398 g/mol. The standard InChI is InChI=1S/C17H16Cl2N2O3S/c1-25(23,24)21-9-8-15(12-4-2-3-5-16(12)21)20-17(22)11-6-7-13(18)14(19)10-11/h2-7,10,15H,8-9H2,1H3,(H,20,22). The number of halogens is 2. The van der Waals surface area contributed by atoms with Gasteiger partial charge in [0.2, 0.25) is 10.0 Å². The maximum Gasteiger partial charge on any atom is 0.251 e. The van der Waals surface area contributed by atoms with Gasteiger partial charge in [0.15, 0.2) is 0 Å². The fourth-order valence-electron chi connectivity index (χ4n) is 2.90. The van der Waals surface area contributed by atoms with E-state index < -0.39 is 10.0 Å². The van der Waals surface area contributed by atoms with Crippen molar-refractivity contribution < 1.29 is 13.2 Å². The lowest BCUT2D eigenvalue weighted by Gasteiger charge is -2.34. The topological polar surface area (TPSA) is 66.5 Å². The number of rotatable bonds is 3. The van der Waals surface area contributed by atoms with E-state index in [2.05, 4.69) is 5.32 Å². The van der Waals surface area contributed by atoms with E-state index >= 15 is 0 Å². The first kappa shape index (κ1) is 18.0. The van der Waals surface area contributed by atoms with Crippen LogP contribution in [0.5, 0.6) is 0 Å². The molecule has 8 heteroatoms. The number of hydrogen-bond acceptors (Lipinski definition) is 3. The number of benzene rings is 2. The second-order valence-electron chi connectivity index (χ2n) is 5.84. The van der Waals surface area contributed by atoms with Gasteiger partial charge in [0.05, 0.1) is 28.0 Å². The van der Waals surface area contributed by atoms with Crippen molar-refractivity contribution in [3.05, 3.63) is 63.6 Å². The van der Waals surface area contributed by atoms with Gasteiger partial charge in [-0.05, 0) is 36.2 Å². The average Bonchev–Trinajstić information content (AvgIpc) is 2.56. The number of amides is 1. The molecule has 0 radical (unpaired) electrons. The Hall–Kier alpha value is -1.76. The van der Waals surface area contributed by atoms with Crippen molar-refractivity contribution in [2.24, 2.45) is 0 Å². The third-order valence-electron chi connectivity index (χ3n) is 4.09. The van der Waals surface area contributed by atoms with Crippen molar-refractivity contribution in [3.63, 3.8) is 0 Å². The molecule has 1 unspecified atom stereocenters. The van der Waals surface area contributed by atoms with Gasteiger partial charge >= 0.3 is 0 Å². The van der Waals surface area contributed by atoms with E-state index in [-0.39, 0.29) is 11.9 Å². The van der Waals surface area contributed by atoms with E-state index in [1.807, 2.05) is 12.1 Å². The van der Waals surface area contributed by atoms with Crippen LogP contribution in [-0.2, 0) is 10.0 Å². The van der Waals surface area contributed by atoms with E-state index in [0.29, 0.717) is 34.3 Å². The summed E-state index contributed by atoms with van der Waals surface area (Å²) in [6.07, 6.45) is 1.66. The van der Waals surface area contributed by atoms with Crippen LogP contribution in [0, 0.1) is 0 Å². The summed E-state index contributed by atoms with van der Waals surface area (Å²) in [5.74, 6) is -0.286. The number of nitrogens with zero attached hydrogens (tertiary/aromatic N) is 1. The largest absolute Gasteiger partial charge is 0.345 e. The maximum atomic E-state index is 12.5. The van der Waals surface area contributed by atoms with Gasteiger partial charge < -0.3 is 5.32 Å². The van der Waals surface area contributed by atoms with E-state index in [1.165, 1.54) is 16.6 Å². The summed E-state index contributed by atoms with van der Waals surface area (Å²) in [4.78, 5) is 12.5. The molecule has 1 atom stereocenters. The van der Waals surface area contributed by atoms with Crippen molar-refractivity contribution in [2.45, 2.75) is 12.5 Å². The SMILES string of the molecule is CS(=O)(=O)N1CCC(NC(=O)c2ccc(Cl)c(Cl)c2)c2ccccc21. The molecule has 3 rings (SSSR count). The molecule has 25 heavy (non-hydrogen) atoms. The van der Waals surface area contributed by atoms with E-state index in [4.69, 9.17) is 23.2 Å². The van der Waals surface area contributed by atoms with Crippen LogP contribution < -0.4 is 9.62 Å². The highest BCUT2D eigenvalue weighted by Gasteiger charge is 2.30. The molecule has 0 aromatic heterocycles. The van der Waals surface area contributed by atoms with Gasteiger partial charge in [0, 0.05) is 12.1 Å². The molecule has 1 aliphatic heterocycles. The number of anilines is 1. The quantitative estimate of drug-likeness (QED) is 0.857. The molecule has 0 fully saturated rings. The number of hydrogen-bond donors (Lipinski definition) is 1. The lowest BCUT2D eigenvalue weighted by molar-refractivity contribution is 0.0934. The molecule has 0 spiro atoms. The predicted octanol–water partition coefficient (Wildman–Crippen LogP) is 3.63. The van der Waals surface area contributed by atoms with E-state index in [9.17, 15) is 13.2 Å². The molecule has 1 N–H and O–H groups in total. The molecule has 5 nitrogen and oxygen atoms in total. The minimum Gasteiger partial charge on any atom is -0.345 e. The number of carbonyl (C=O) groups is 1. The molecule has 2 aromatic rings. The fraction of sp³-hybridized carbons (Fsp3) is 0.235. The number of carbonyl (C=O) groups excluding carboxylic acids is 1. The maximum absolute atomic E-state index is 12.5. The third kappa shape index (κ3) is 3.76. The molecule has 0 bridgehead atoms. The second kappa shape index (κ2) is 6.86. The summed E-state index contributed by atoms with van der Waals surface area (Å²) >= 11 is 11.8. The molecule has 0 saturated heterocycles. The minimum absolute atomic E-state index is 0.281. The number of sulfonamides is 1. The third-order valence-corrected chi connectivity index (χ3v) is 6.01. The Labute approximate surface area is 156 Å². The minimum atomic E-state index is -3.37. The molecule has 132 valence electrons. The van der Waals surface area contributed by atoms with Crippen LogP contribution >= 0.6 is 23.2 Å². The molecular formula is C17H16Cl2N2O3S. The van der Waals surface area contributed by atoms with Gasteiger partial charge in [-0.15, -0.1) is 0 Å². The van der Waals surface area contributed by atoms with Crippen LogP contribution in [0.3, 0.4) is 0 Å². The van der Waals surface area contributed by atoms with Crippen LogP contribution in [0.4, 0.5) is 5.69 Å². The van der Waals surface area contributed by atoms with Gasteiger partial charge in [0.25, 0.3) is 5.91 Å². The summed E-state index contributed by atoms with van der Waals surface area (Å²) in [5.41, 5.74) is 1.76. The summed E-state index contributed by atoms with van der Waals surface area (Å²) in [5, 5.41) is 3.63. The van der Waals surface area contributed by atoms with Crippen LogP contribution in [0.15, 0.2) is 42.5 Å². The van der Waals surface area contributed by atoms with Crippen LogP contribution in [-0.4, -0.2) is 27.1 Å². The highest BCUT2D eigenvalue weighted by Crippen LogP contribution is 2.35. The van der Waals surface area contributed by atoms with Crippen LogP contribution in [0.1, 0.15) is 28.4 Å². The summed E-state index contributed by atoms with van der Waals surface area (Å²) in [6.45, 7) is 0.308. The van der Waals surface area contributed by atoms with E-state index in [1.54, 1.807) is 24.3 Å². The Morgan fingerprint density at radius 3 is 2.56 bits per heavy atom. The molecule has 0 saturated carbocycles. The Morgan fingerprint density at radius 2 is 1.88 bits per heavy atom. The summed E-state index contributed by atoms with van der Waals surface area (Å²) < 4.78 is 25.3. The zero-order chi connectivity index (χ0) is 18.2. The van der Waals surface area contributed by atoms with Gasteiger partial charge in [0.1, 0.15) is 0 Å². The average molecular weight is 399 g/mol. The highest BCUT2D eigenvalue weighted by molar-refractivity contribution is 7.92.